The molecule has 1 amide bonds. The Morgan fingerprint density at radius 1 is 1.53 bits per heavy atom. The number of benzene rings is 1. The summed E-state index contributed by atoms with van der Waals surface area (Å²) in [5.41, 5.74) is 7.05. The highest BCUT2D eigenvalue weighted by Gasteiger charge is 2.24. The number of hydrogen-bond acceptors (Lipinski definition) is 3. The van der Waals surface area contributed by atoms with Crippen molar-refractivity contribution in [2.45, 2.75) is 32.7 Å². The minimum atomic E-state index is -0.604. The number of nitrogen functional groups attached to an aromatic ring is 1. The van der Waals surface area contributed by atoms with Crippen molar-refractivity contribution >= 4 is 11.6 Å². The van der Waals surface area contributed by atoms with Crippen LogP contribution in [-0.2, 0) is 0 Å². The summed E-state index contributed by atoms with van der Waals surface area (Å²) in [7, 11) is 0. The number of rotatable bonds is 4. The molecular weight excluding hydrogens is 216 g/mol. The molecule has 0 heterocycles. The summed E-state index contributed by atoms with van der Waals surface area (Å²) in [6.45, 7) is 5.52. The minimum Gasteiger partial charge on any atom is -0.398 e. The maximum Gasteiger partial charge on any atom is 0.253 e. The smallest absolute Gasteiger partial charge is 0.253 e. The Bertz CT molecular complexity index is 412. The molecular formula is C13H20N2O2. The molecule has 0 spiro atoms. The van der Waals surface area contributed by atoms with E-state index in [0.717, 1.165) is 5.56 Å². The summed E-state index contributed by atoms with van der Waals surface area (Å²) in [6.07, 6.45) is 0.654. The van der Waals surface area contributed by atoms with Gasteiger partial charge in [-0.05, 0) is 32.4 Å². The van der Waals surface area contributed by atoms with Gasteiger partial charge in [-0.25, -0.2) is 0 Å². The van der Waals surface area contributed by atoms with Gasteiger partial charge in [0.1, 0.15) is 0 Å². The lowest BCUT2D eigenvalue weighted by Gasteiger charge is -2.27. The van der Waals surface area contributed by atoms with E-state index >= 15 is 0 Å². The van der Waals surface area contributed by atoms with Crippen molar-refractivity contribution in [2.75, 3.05) is 12.3 Å². The van der Waals surface area contributed by atoms with Crippen molar-refractivity contribution in [2.24, 2.45) is 0 Å². The zero-order chi connectivity index (χ0) is 13.1. The maximum absolute atomic E-state index is 12.0. The van der Waals surface area contributed by atoms with E-state index in [1.165, 1.54) is 0 Å². The maximum atomic E-state index is 12.0. The number of hydrogen-bond donors (Lipinski definition) is 3. The first-order chi connectivity index (χ1) is 7.91. The number of carbonyl (C=O) groups excluding carboxylic acids is 1. The molecule has 17 heavy (non-hydrogen) atoms. The first-order valence-electron chi connectivity index (χ1n) is 5.71. The van der Waals surface area contributed by atoms with Crippen LogP contribution in [0.3, 0.4) is 0 Å². The number of carbonyl (C=O) groups is 1. The Balaban J connectivity index is 2.94. The third-order valence-electron chi connectivity index (χ3n) is 3.00. The van der Waals surface area contributed by atoms with E-state index in [0.29, 0.717) is 17.7 Å². The molecule has 0 fully saturated rings. The van der Waals surface area contributed by atoms with Gasteiger partial charge in [-0.3, -0.25) is 4.79 Å². The summed E-state index contributed by atoms with van der Waals surface area (Å²) in [5.74, 6) is -0.246. The van der Waals surface area contributed by atoms with Crippen LogP contribution < -0.4 is 11.1 Å². The lowest BCUT2D eigenvalue weighted by Crippen LogP contribution is -2.48. The fourth-order valence-electron chi connectivity index (χ4n) is 1.45. The van der Waals surface area contributed by atoms with Crippen molar-refractivity contribution in [3.05, 3.63) is 29.3 Å². The molecule has 4 N–H and O–H groups in total. The highest BCUT2D eigenvalue weighted by atomic mass is 16.3. The summed E-state index contributed by atoms with van der Waals surface area (Å²) in [6, 6.07) is 5.32. The van der Waals surface area contributed by atoms with Crippen LogP contribution in [0.1, 0.15) is 36.2 Å². The van der Waals surface area contributed by atoms with Gasteiger partial charge in [0, 0.05) is 5.69 Å². The quantitative estimate of drug-likeness (QED) is 0.693. The third-order valence-corrected chi connectivity index (χ3v) is 3.00. The summed E-state index contributed by atoms with van der Waals surface area (Å²) in [4.78, 5) is 12.0. The Labute approximate surface area is 102 Å². The van der Waals surface area contributed by atoms with E-state index in [-0.39, 0.29) is 12.5 Å². The molecule has 0 saturated heterocycles. The first kappa shape index (κ1) is 13.5. The van der Waals surface area contributed by atoms with Crippen molar-refractivity contribution in [3.63, 3.8) is 0 Å². The Hall–Kier alpha value is -1.55. The molecule has 1 atom stereocenters. The van der Waals surface area contributed by atoms with E-state index in [4.69, 9.17) is 5.73 Å². The fraction of sp³-hybridized carbons (Fsp3) is 0.462. The van der Waals surface area contributed by atoms with Crippen LogP contribution in [0.4, 0.5) is 5.69 Å². The number of anilines is 1. The Morgan fingerprint density at radius 3 is 2.71 bits per heavy atom. The van der Waals surface area contributed by atoms with Crippen molar-refractivity contribution < 1.29 is 9.90 Å². The second-order valence-corrected chi connectivity index (χ2v) is 4.62. The predicted octanol–water partition coefficient (Wildman–Crippen LogP) is 1.47. The second kappa shape index (κ2) is 5.19. The molecule has 0 aliphatic carbocycles. The Morgan fingerprint density at radius 2 is 2.18 bits per heavy atom. The standard InChI is InChI=1S/C13H20N2O2/c1-4-13(3,8-16)15-12(17)10-7-9(2)5-6-11(10)14/h5-7,16H,4,8,14H2,1-3H3,(H,15,17). The first-order valence-corrected chi connectivity index (χ1v) is 5.71. The molecule has 1 unspecified atom stereocenters. The lowest BCUT2D eigenvalue weighted by atomic mass is 9.99. The monoisotopic (exact) mass is 236 g/mol. The summed E-state index contributed by atoms with van der Waals surface area (Å²) in [5, 5.41) is 12.1. The van der Waals surface area contributed by atoms with Crippen LogP contribution in [0, 0.1) is 6.92 Å². The van der Waals surface area contributed by atoms with Gasteiger partial charge in [-0.1, -0.05) is 18.6 Å². The average molecular weight is 236 g/mol. The molecule has 94 valence electrons. The fourth-order valence-corrected chi connectivity index (χ4v) is 1.45. The van der Waals surface area contributed by atoms with Crippen LogP contribution in [0.25, 0.3) is 0 Å². The van der Waals surface area contributed by atoms with Gasteiger partial charge in [0.2, 0.25) is 0 Å². The van der Waals surface area contributed by atoms with Gasteiger partial charge in [0.05, 0.1) is 17.7 Å². The zero-order valence-corrected chi connectivity index (χ0v) is 10.6. The Kier molecular flexibility index (Phi) is 4.12. The number of aliphatic hydroxyl groups excluding tert-OH is 1. The van der Waals surface area contributed by atoms with Crippen LogP contribution in [0.5, 0.6) is 0 Å². The van der Waals surface area contributed by atoms with Crippen LogP contribution in [0.15, 0.2) is 18.2 Å². The van der Waals surface area contributed by atoms with Crippen LogP contribution in [-0.4, -0.2) is 23.2 Å². The van der Waals surface area contributed by atoms with E-state index in [1.807, 2.05) is 19.9 Å². The zero-order valence-electron chi connectivity index (χ0n) is 10.6. The molecule has 0 aliphatic rings. The van der Waals surface area contributed by atoms with Gasteiger partial charge in [0.15, 0.2) is 0 Å². The van der Waals surface area contributed by atoms with Crippen molar-refractivity contribution in [1.29, 1.82) is 0 Å². The third kappa shape index (κ3) is 3.20. The van der Waals surface area contributed by atoms with Crippen LogP contribution >= 0.6 is 0 Å². The predicted molar refractivity (Wildman–Crippen MR) is 68.8 cm³/mol. The van der Waals surface area contributed by atoms with E-state index in [9.17, 15) is 9.90 Å². The number of nitrogens with two attached hydrogens (primary N) is 1. The molecule has 0 aromatic heterocycles. The normalized spacial score (nSPS) is 14.1. The van der Waals surface area contributed by atoms with Gasteiger partial charge in [0.25, 0.3) is 5.91 Å². The lowest BCUT2D eigenvalue weighted by molar-refractivity contribution is 0.0848. The molecule has 0 radical (unpaired) electrons. The van der Waals surface area contributed by atoms with Gasteiger partial charge >= 0.3 is 0 Å². The van der Waals surface area contributed by atoms with Gasteiger partial charge < -0.3 is 16.2 Å². The number of aryl methyl sites for hydroxylation is 1. The minimum absolute atomic E-state index is 0.0963. The molecule has 4 heteroatoms. The summed E-state index contributed by atoms with van der Waals surface area (Å²) < 4.78 is 0. The molecule has 1 aromatic rings. The highest BCUT2D eigenvalue weighted by Crippen LogP contribution is 2.16. The molecule has 0 aliphatic heterocycles. The molecule has 4 nitrogen and oxygen atoms in total. The van der Waals surface area contributed by atoms with Crippen molar-refractivity contribution in [1.82, 2.24) is 5.32 Å². The molecule has 1 rings (SSSR count). The largest absolute Gasteiger partial charge is 0.398 e. The number of aliphatic hydroxyl groups is 1. The van der Waals surface area contributed by atoms with E-state index in [1.54, 1.807) is 19.1 Å². The molecule has 0 bridgehead atoms. The SMILES string of the molecule is CCC(C)(CO)NC(=O)c1cc(C)ccc1N. The average Bonchev–Trinajstić information content (AvgIpc) is 2.32. The van der Waals surface area contributed by atoms with E-state index in [2.05, 4.69) is 5.32 Å². The van der Waals surface area contributed by atoms with Gasteiger partial charge in [-0.2, -0.15) is 0 Å². The number of nitrogens with one attached hydrogen (secondary N) is 1. The van der Waals surface area contributed by atoms with Gasteiger partial charge in [-0.15, -0.1) is 0 Å². The topological polar surface area (TPSA) is 75.3 Å². The second-order valence-electron chi connectivity index (χ2n) is 4.62. The number of amides is 1. The highest BCUT2D eigenvalue weighted by molar-refractivity contribution is 5.99. The molecule has 1 aromatic carbocycles. The molecule has 0 saturated carbocycles. The van der Waals surface area contributed by atoms with Crippen LogP contribution in [0.2, 0.25) is 0 Å². The summed E-state index contributed by atoms with van der Waals surface area (Å²) >= 11 is 0. The van der Waals surface area contributed by atoms with E-state index < -0.39 is 5.54 Å². The van der Waals surface area contributed by atoms with Crippen molar-refractivity contribution in [3.8, 4) is 0 Å².